The van der Waals surface area contributed by atoms with Crippen molar-refractivity contribution < 1.29 is 22.3 Å². The van der Waals surface area contributed by atoms with Crippen LogP contribution in [0.2, 0.25) is 0 Å². The van der Waals surface area contributed by atoms with Gasteiger partial charge in [-0.15, -0.1) is 0 Å². The zero-order valence-electron chi connectivity index (χ0n) is 12.9. The molecule has 0 bridgehead atoms. The molecule has 0 aliphatic carbocycles. The first kappa shape index (κ1) is 18.3. The highest BCUT2D eigenvalue weighted by molar-refractivity contribution is 5.49. The molecule has 2 rings (SSSR count). The predicted molar refractivity (Wildman–Crippen MR) is 80.5 cm³/mol. The summed E-state index contributed by atoms with van der Waals surface area (Å²) in [7, 11) is 0. The quantitative estimate of drug-likeness (QED) is 0.598. The number of aryl methyl sites for hydroxylation is 1. The first-order chi connectivity index (χ1) is 11.8. The van der Waals surface area contributed by atoms with E-state index in [9.17, 15) is 17.6 Å². The highest BCUT2D eigenvalue weighted by Crippen LogP contribution is 2.28. The van der Waals surface area contributed by atoms with E-state index in [4.69, 9.17) is 10.3 Å². The SMILES string of the molecule is Cc1cccc(N/C=C(/COc2ncc(C(F)(F)F)cn2)N=N)c1F. The lowest BCUT2D eigenvalue weighted by Gasteiger charge is -2.08. The minimum atomic E-state index is -4.54. The molecular formula is C15H13F4N5O. The van der Waals surface area contributed by atoms with Gasteiger partial charge in [-0.2, -0.15) is 18.3 Å². The first-order valence-electron chi connectivity index (χ1n) is 6.91. The maximum Gasteiger partial charge on any atom is 0.419 e. The second kappa shape index (κ2) is 7.69. The molecule has 0 aliphatic heterocycles. The van der Waals surface area contributed by atoms with Gasteiger partial charge in [0.25, 0.3) is 0 Å². The van der Waals surface area contributed by atoms with Gasteiger partial charge in [-0.05, 0) is 18.6 Å². The van der Waals surface area contributed by atoms with Crippen LogP contribution in [-0.2, 0) is 6.18 Å². The largest absolute Gasteiger partial charge is 0.457 e. The Bertz CT molecular complexity index is 774. The van der Waals surface area contributed by atoms with Crippen LogP contribution in [0.15, 0.2) is 47.6 Å². The lowest BCUT2D eigenvalue weighted by molar-refractivity contribution is -0.138. The molecule has 10 heteroatoms. The smallest absolute Gasteiger partial charge is 0.419 e. The Hall–Kier alpha value is -3.04. The molecule has 6 nitrogen and oxygen atoms in total. The van der Waals surface area contributed by atoms with Gasteiger partial charge in [0.1, 0.15) is 18.1 Å². The van der Waals surface area contributed by atoms with Gasteiger partial charge in [-0.1, -0.05) is 12.1 Å². The second-order valence-electron chi connectivity index (χ2n) is 4.87. The van der Waals surface area contributed by atoms with E-state index in [1.807, 2.05) is 0 Å². The van der Waals surface area contributed by atoms with Crippen molar-refractivity contribution in [2.24, 2.45) is 5.11 Å². The van der Waals surface area contributed by atoms with Crippen molar-refractivity contribution >= 4 is 5.69 Å². The zero-order valence-corrected chi connectivity index (χ0v) is 12.9. The first-order valence-corrected chi connectivity index (χ1v) is 6.91. The van der Waals surface area contributed by atoms with Gasteiger partial charge in [-0.25, -0.2) is 19.9 Å². The number of nitrogens with zero attached hydrogens (tertiary/aromatic N) is 3. The van der Waals surface area contributed by atoms with Crippen LogP contribution in [0.3, 0.4) is 0 Å². The number of hydrogen-bond acceptors (Lipinski definition) is 6. The third-order valence-corrected chi connectivity index (χ3v) is 3.03. The van der Waals surface area contributed by atoms with Crippen LogP contribution < -0.4 is 10.1 Å². The summed E-state index contributed by atoms with van der Waals surface area (Å²) in [6.07, 6.45) is -2.12. The van der Waals surface area contributed by atoms with E-state index in [0.717, 1.165) is 0 Å². The Morgan fingerprint density at radius 3 is 2.60 bits per heavy atom. The molecule has 0 saturated heterocycles. The Kier molecular flexibility index (Phi) is 5.63. The standard InChI is InChI=1S/C15H13F4N5O/c1-9-3-2-4-12(13(9)16)21-7-11(24-20)8-25-14-22-5-10(6-23-14)15(17,18)19/h2-7,20-21H,8H2,1H3/b11-7-,24-20?. The van der Waals surface area contributed by atoms with Gasteiger partial charge in [0.05, 0.1) is 11.3 Å². The van der Waals surface area contributed by atoms with E-state index < -0.39 is 17.6 Å². The Morgan fingerprint density at radius 1 is 1.32 bits per heavy atom. The minimum Gasteiger partial charge on any atom is -0.457 e. The molecule has 2 N–H and O–H groups in total. The van der Waals surface area contributed by atoms with Crippen LogP contribution >= 0.6 is 0 Å². The number of hydrogen-bond donors (Lipinski definition) is 2. The van der Waals surface area contributed by atoms with E-state index in [2.05, 4.69) is 20.4 Å². The number of anilines is 1. The van der Waals surface area contributed by atoms with Crippen molar-refractivity contribution in [2.75, 3.05) is 11.9 Å². The number of benzene rings is 1. The average molecular weight is 355 g/mol. The van der Waals surface area contributed by atoms with Crippen LogP contribution in [0.25, 0.3) is 0 Å². The molecule has 0 unspecified atom stereocenters. The Labute approximate surface area is 140 Å². The minimum absolute atomic E-state index is 0.0596. The summed E-state index contributed by atoms with van der Waals surface area (Å²) in [5.74, 6) is -0.449. The molecule has 0 aliphatic rings. The second-order valence-corrected chi connectivity index (χ2v) is 4.87. The number of alkyl halides is 3. The van der Waals surface area contributed by atoms with Gasteiger partial charge in [0.2, 0.25) is 0 Å². The molecule has 2 aromatic rings. The normalized spacial score (nSPS) is 12.0. The van der Waals surface area contributed by atoms with Crippen LogP contribution in [0.1, 0.15) is 11.1 Å². The average Bonchev–Trinajstić information content (AvgIpc) is 2.58. The van der Waals surface area contributed by atoms with Gasteiger partial charge in [0, 0.05) is 18.6 Å². The van der Waals surface area contributed by atoms with Gasteiger partial charge < -0.3 is 10.1 Å². The highest BCUT2D eigenvalue weighted by atomic mass is 19.4. The molecule has 1 aromatic carbocycles. The Balaban J connectivity index is 2.00. The van der Waals surface area contributed by atoms with E-state index >= 15 is 0 Å². The predicted octanol–water partition coefficient (Wildman–Crippen LogP) is 4.31. The zero-order chi connectivity index (χ0) is 18.4. The summed E-state index contributed by atoms with van der Waals surface area (Å²) in [6.45, 7) is 1.32. The number of rotatable bonds is 6. The van der Waals surface area contributed by atoms with E-state index in [1.54, 1.807) is 19.1 Å². The van der Waals surface area contributed by atoms with Gasteiger partial charge in [0.15, 0.2) is 0 Å². The highest BCUT2D eigenvalue weighted by Gasteiger charge is 2.31. The molecule has 1 heterocycles. The maximum atomic E-state index is 13.8. The number of aromatic nitrogens is 2. The third-order valence-electron chi connectivity index (χ3n) is 3.03. The molecule has 0 amide bonds. The molecule has 25 heavy (non-hydrogen) atoms. The maximum absolute atomic E-state index is 13.8. The third kappa shape index (κ3) is 4.96. The van der Waals surface area contributed by atoms with Crippen molar-refractivity contribution in [3.8, 4) is 6.01 Å². The van der Waals surface area contributed by atoms with E-state index in [-0.39, 0.29) is 24.0 Å². The van der Waals surface area contributed by atoms with E-state index in [1.165, 1.54) is 12.3 Å². The fraction of sp³-hybridized carbons (Fsp3) is 0.200. The number of nitrogens with one attached hydrogen (secondary N) is 2. The summed E-state index contributed by atoms with van der Waals surface area (Å²) in [5, 5.41) is 5.84. The van der Waals surface area contributed by atoms with Crippen molar-refractivity contribution in [3.63, 3.8) is 0 Å². The monoisotopic (exact) mass is 355 g/mol. The van der Waals surface area contributed by atoms with Crippen LogP contribution in [0.5, 0.6) is 6.01 Å². The molecule has 0 radical (unpaired) electrons. The van der Waals surface area contributed by atoms with Gasteiger partial charge in [-0.3, -0.25) is 0 Å². The van der Waals surface area contributed by atoms with Crippen molar-refractivity contribution in [3.05, 3.63) is 59.4 Å². The summed E-state index contributed by atoms with van der Waals surface area (Å²) in [6, 6.07) is 4.45. The Morgan fingerprint density at radius 2 is 2.00 bits per heavy atom. The fourth-order valence-corrected chi connectivity index (χ4v) is 1.70. The number of ether oxygens (including phenoxy) is 1. The topological polar surface area (TPSA) is 83.2 Å². The van der Waals surface area contributed by atoms with Crippen LogP contribution in [0, 0.1) is 18.3 Å². The van der Waals surface area contributed by atoms with Crippen molar-refractivity contribution in [2.45, 2.75) is 13.1 Å². The number of halogens is 4. The fourth-order valence-electron chi connectivity index (χ4n) is 1.70. The summed E-state index contributed by atoms with van der Waals surface area (Å²) in [4.78, 5) is 6.86. The molecule has 0 fully saturated rings. The van der Waals surface area contributed by atoms with Crippen LogP contribution in [0.4, 0.5) is 23.2 Å². The molecule has 1 aromatic heterocycles. The molecule has 0 saturated carbocycles. The van der Waals surface area contributed by atoms with Crippen LogP contribution in [-0.4, -0.2) is 16.6 Å². The molecule has 0 spiro atoms. The van der Waals surface area contributed by atoms with Crippen molar-refractivity contribution in [1.82, 2.24) is 9.97 Å². The van der Waals surface area contributed by atoms with Gasteiger partial charge >= 0.3 is 12.2 Å². The van der Waals surface area contributed by atoms with Crippen molar-refractivity contribution in [1.29, 1.82) is 5.53 Å². The lowest BCUT2D eigenvalue weighted by Crippen LogP contribution is -2.09. The summed E-state index contributed by atoms with van der Waals surface area (Å²) in [5.41, 5.74) is 6.74. The van der Waals surface area contributed by atoms with E-state index in [0.29, 0.717) is 18.0 Å². The summed E-state index contributed by atoms with van der Waals surface area (Å²) < 4.78 is 56.1. The molecule has 0 atom stereocenters. The lowest BCUT2D eigenvalue weighted by atomic mass is 10.2. The molecular weight excluding hydrogens is 342 g/mol. The molecule has 132 valence electrons. The summed E-state index contributed by atoms with van der Waals surface area (Å²) >= 11 is 0.